The normalized spacial score (nSPS) is 22.3. The van der Waals surface area contributed by atoms with Gasteiger partial charge < -0.3 is 19.5 Å². The zero-order chi connectivity index (χ0) is 18.8. The Hall–Kier alpha value is -1.79. The second-order valence-electron chi connectivity index (χ2n) is 7.89. The molecule has 4 rings (SSSR count). The number of carbonyl (C=O) groups excluding carboxylic acids is 1. The Kier molecular flexibility index (Phi) is 5.55. The van der Waals surface area contributed by atoms with Gasteiger partial charge >= 0.3 is 0 Å². The molecule has 1 aromatic carbocycles. The van der Waals surface area contributed by atoms with Gasteiger partial charge in [0.15, 0.2) is 5.58 Å². The van der Waals surface area contributed by atoms with E-state index < -0.39 is 0 Å². The zero-order valence-electron chi connectivity index (χ0n) is 15.8. The van der Waals surface area contributed by atoms with Crippen molar-refractivity contribution in [3.8, 4) is 0 Å². The van der Waals surface area contributed by atoms with Gasteiger partial charge in [0, 0.05) is 24.7 Å². The molecule has 2 fully saturated rings. The maximum absolute atomic E-state index is 12.7. The second-order valence-corrected chi connectivity index (χ2v) is 8.32. The predicted molar refractivity (Wildman–Crippen MR) is 107 cm³/mol. The summed E-state index contributed by atoms with van der Waals surface area (Å²) in [5.74, 6) is 0.757. The molecule has 0 radical (unpaired) electrons. The van der Waals surface area contributed by atoms with E-state index in [2.05, 4.69) is 27.1 Å². The number of nitrogens with zero attached hydrogens (tertiary/aromatic N) is 3. The number of anilines is 1. The highest BCUT2D eigenvalue weighted by atomic mass is 35.5. The molecule has 0 aliphatic carbocycles. The van der Waals surface area contributed by atoms with Crippen LogP contribution in [-0.2, 0) is 4.79 Å². The van der Waals surface area contributed by atoms with Gasteiger partial charge in [-0.2, -0.15) is 4.98 Å². The fourth-order valence-electron chi connectivity index (χ4n) is 4.04. The zero-order valence-corrected chi connectivity index (χ0v) is 16.5. The van der Waals surface area contributed by atoms with Gasteiger partial charge in [0.25, 0.3) is 6.01 Å². The maximum Gasteiger partial charge on any atom is 0.298 e. The summed E-state index contributed by atoms with van der Waals surface area (Å²) in [5, 5.41) is 3.84. The highest BCUT2D eigenvalue weighted by molar-refractivity contribution is 6.31. The van der Waals surface area contributed by atoms with Gasteiger partial charge in [-0.05, 0) is 69.9 Å². The van der Waals surface area contributed by atoms with E-state index in [1.807, 2.05) is 6.07 Å². The fraction of sp³-hybridized carbons (Fsp3) is 0.600. The van der Waals surface area contributed by atoms with Gasteiger partial charge in [-0.1, -0.05) is 11.6 Å². The summed E-state index contributed by atoms with van der Waals surface area (Å²) in [6.45, 7) is 4.56. The van der Waals surface area contributed by atoms with E-state index in [0.717, 1.165) is 50.1 Å². The van der Waals surface area contributed by atoms with Gasteiger partial charge in [-0.15, -0.1) is 0 Å². The molecule has 3 heterocycles. The highest BCUT2D eigenvalue weighted by Crippen LogP contribution is 2.28. The van der Waals surface area contributed by atoms with E-state index in [1.54, 1.807) is 12.1 Å². The van der Waals surface area contributed by atoms with Crippen LogP contribution >= 0.6 is 11.6 Å². The third-order valence-corrected chi connectivity index (χ3v) is 6.04. The van der Waals surface area contributed by atoms with E-state index in [9.17, 15) is 4.79 Å². The molecule has 2 saturated heterocycles. The number of amides is 1. The van der Waals surface area contributed by atoms with E-state index >= 15 is 0 Å². The number of nitrogens with one attached hydrogen (secondary N) is 1. The Labute approximate surface area is 164 Å². The molecule has 2 aromatic rings. The van der Waals surface area contributed by atoms with E-state index in [-0.39, 0.29) is 11.8 Å². The van der Waals surface area contributed by atoms with Crippen LogP contribution in [0.1, 0.15) is 25.7 Å². The van der Waals surface area contributed by atoms with Crippen LogP contribution in [0.15, 0.2) is 22.6 Å². The van der Waals surface area contributed by atoms with Crippen LogP contribution in [0.2, 0.25) is 5.02 Å². The molecule has 0 saturated carbocycles. The molecule has 0 bridgehead atoms. The molecule has 1 aromatic heterocycles. The van der Waals surface area contributed by atoms with Crippen molar-refractivity contribution in [1.82, 2.24) is 15.2 Å². The third-order valence-electron chi connectivity index (χ3n) is 5.80. The number of hydrogen-bond donors (Lipinski definition) is 1. The Bertz CT molecular complexity index is 800. The van der Waals surface area contributed by atoms with Crippen LogP contribution in [0, 0.1) is 11.8 Å². The average molecular weight is 391 g/mol. The molecule has 1 atom stereocenters. The minimum atomic E-state index is -0.0105. The van der Waals surface area contributed by atoms with Crippen molar-refractivity contribution >= 4 is 34.6 Å². The number of rotatable bonds is 4. The van der Waals surface area contributed by atoms with E-state index in [4.69, 9.17) is 16.0 Å². The lowest BCUT2D eigenvalue weighted by molar-refractivity contribution is -0.125. The quantitative estimate of drug-likeness (QED) is 0.868. The number of hydrogen-bond acceptors (Lipinski definition) is 5. The Balaban J connectivity index is 1.34. The number of halogens is 1. The van der Waals surface area contributed by atoms with Crippen molar-refractivity contribution in [2.45, 2.75) is 25.7 Å². The standard InChI is InChI=1S/C20H27ClN4O2/c1-24-9-6-14(7-10-24)12-22-19(26)15-3-2-8-25(13-15)20-23-17-11-16(21)4-5-18(17)27-20/h4-5,11,14-15H,2-3,6-10,12-13H2,1H3,(H,22,26). The number of oxazole rings is 1. The first-order chi connectivity index (χ1) is 13.1. The van der Waals surface area contributed by atoms with Gasteiger partial charge in [-0.25, -0.2) is 0 Å². The van der Waals surface area contributed by atoms with Crippen LogP contribution in [0.3, 0.4) is 0 Å². The SMILES string of the molecule is CN1CCC(CNC(=O)C2CCCN(c3nc4cc(Cl)ccc4o3)C2)CC1. The summed E-state index contributed by atoms with van der Waals surface area (Å²) in [6.07, 6.45) is 4.21. The maximum atomic E-state index is 12.7. The Morgan fingerprint density at radius 2 is 2.11 bits per heavy atom. The number of likely N-dealkylation sites (tertiary alicyclic amines) is 1. The molecule has 1 unspecified atom stereocenters. The van der Waals surface area contributed by atoms with Crippen LogP contribution in [0.5, 0.6) is 0 Å². The number of carbonyl (C=O) groups is 1. The highest BCUT2D eigenvalue weighted by Gasteiger charge is 2.29. The number of aromatic nitrogens is 1. The first-order valence-corrected chi connectivity index (χ1v) is 10.2. The molecule has 2 aliphatic rings. The molecule has 1 N–H and O–H groups in total. The summed E-state index contributed by atoms with van der Waals surface area (Å²) >= 11 is 6.03. The Morgan fingerprint density at radius 1 is 1.30 bits per heavy atom. The third kappa shape index (κ3) is 4.38. The largest absolute Gasteiger partial charge is 0.423 e. The van der Waals surface area contributed by atoms with Crippen molar-refractivity contribution in [2.24, 2.45) is 11.8 Å². The number of fused-ring (bicyclic) bond motifs is 1. The van der Waals surface area contributed by atoms with Gasteiger partial charge in [0.1, 0.15) is 5.52 Å². The van der Waals surface area contributed by atoms with Gasteiger partial charge in [0.05, 0.1) is 5.92 Å². The first-order valence-electron chi connectivity index (χ1n) is 9.86. The predicted octanol–water partition coefficient (Wildman–Crippen LogP) is 3.16. The minimum Gasteiger partial charge on any atom is -0.423 e. The summed E-state index contributed by atoms with van der Waals surface area (Å²) in [7, 11) is 2.16. The van der Waals surface area contributed by atoms with E-state index in [0.29, 0.717) is 23.5 Å². The molecule has 0 spiro atoms. The van der Waals surface area contributed by atoms with Crippen molar-refractivity contribution in [1.29, 1.82) is 0 Å². The lowest BCUT2D eigenvalue weighted by atomic mass is 9.95. The first kappa shape index (κ1) is 18.6. The lowest BCUT2D eigenvalue weighted by Crippen LogP contribution is -2.45. The van der Waals surface area contributed by atoms with Crippen LogP contribution in [-0.4, -0.2) is 55.6 Å². The lowest BCUT2D eigenvalue weighted by Gasteiger charge is -2.32. The molecular formula is C20H27ClN4O2. The topological polar surface area (TPSA) is 61.6 Å². The van der Waals surface area contributed by atoms with Gasteiger partial charge in [-0.3, -0.25) is 4.79 Å². The average Bonchev–Trinajstić information content (AvgIpc) is 3.10. The summed E-state index contributed by atoms with van der Waals surface area (Å²) in [4.78, 5) is 21.7. The summed E-state index contributed by atoms with van der Waals surface area (Å²) < 4.78 is 5.88. The Morgan fingerprint density at radius 3 is 2.93 bits per heavy atom. The second kappa shape index (κ2) is 8.07. The molecule has 2 aliphatic heterocycles. The monoisotopic (exact) mass is 390 g/mol. The van der Waals surface area contributed by atoms with Gasteiger partial charge in [0.2, 0.25) is 5.91 Å². The number of piperidine rings is 2. The van der Waals surface area contributed by atoms with Crippen molar-refractivity contribution in [3.05, 3.63) is 23.2 Å². The fourth-order valence-corrected chi connectivity index (χ4v) is 4.21. The van der Waals surface area contributed by atoms with Crippen LogP contribution in [0.25, 0.3) is 11.1 Å². The number of benzene rings is 1. The molecule has 7 heteroatoms. The van der Waals surface area contributed by atoms with Crippen LogP contribution in [0.4, 0.5) is 6.01 Å². The molecule has 6 nitrogen and oxygen atoms in total. The van der Waals surface area contributed by atoms with E-state index in [1.165, 1.54) is 12.8 Å². The minimum absolute atomic E-state index is 0.0105. The summed E-state index contributed by atoms with van der Waals surface area (Å²) in [6, 6.07) is 6.03. The molecule has 1 amide bonds. The van der Waals surface area contributed by atoms with Crippen molar-refractivity contribution in [2.75, 3.05) is 44.7 Å². The molecule has 27 heavy (non-hydrogen) atoms. The smallest absolute Gasteiger partial charge is 0.298 e. The molecular weight excluding hydrogens is 364 g/mol. The summed E-state index contributed by atoms with van der Waals surface area (Å²) in [5.41, 5.74) is 1.48. The van der Waals surface area contributed by atoms with Crippen molar-refractivity contribution < 1.29 is 9.21 Å². The van der Waals surface area contributed by atoms with Crippen molar-refractivity contribution in [3.63, 3.8) is 0 Å². The van der Waals surface area contributed by atoms with Crippen LogP contribution < -0.4 is 10.2 Å². The molecule has 146 valence electrons.